The quantitative estimate of drug-likeness (QED) is 0.778. The Kier molecular flexibility index (Phi) is 18.7. The van der Waals surface area contributed by atoms with Gasteiger partial charge in [-0.05, 0) is 20.9 Å². The molecule has 0 atom stereocenters. The lowest BCUT2D eigenvalue weighted by Crippen LogP contribution is -2.48. The van der Waals surface area contributed by atoms with Crippen LogP contribution in [0.15, 0.2) is 0 Å². The molecule has 0 amide bonds. The number of hydrogen-bond acceptors (Lipinski definition) is 4. The molecule has 0 aliphatic carbocycles. The molecule has 1 fully saturated rings. The molecule has 1 heterocycles. The fourth-order valence-electron chi connectivity index (χ4n) is 1.92. The highest BCUT2D eigenvalue weighted by atomic mass is 16.5. The standard InChI is InChI=1S/C12H27N3O.2C2H6/c1-12(2)16-11-10-15-8-6-14(7-9-15)5-4-13-3;2*1-2/h12-13H,4-11H2,1-3H3;2*1-2H3. The summed E-state index contributed by atoms with van der Waals surface area (Å²) in [7, 11) is 2.01. The van der Waals surface area contributed by atoms with Crippen LogP contribution < -0.4 is 5.32 Å². The molecule has 20 heavy (non-hydrogen) atoms. The molecule has 1 saturated heterocycles. The van der Waals surface area contributed by atoms with Gasteiger partial charge in [-0.3, -0.25) is 9.80 Å². The van der Waals surface area contributed by atoms with Crippen molar-refractivity contribution in [3.63, 3.8) is 0 Å². The third-order valence-electron chi connectivity index (χ3n) is 3.00. The van der Waals surface area contributed by atoms with Crippen molar-refractivity contribution in [3.05, 3.63) is 0 Å². The maximum Gasteiger partial charge on any atom is 0.0596 e. The van der Waals surface area contributed by atoms with Crippen LogP contribution in [0.25, 0.3) is 0 Å². The molecule has 0 unspecified atom stereocenters. The highest BCUT2D eigenvalue weighted by Crippen LogP contribution is 2.01. The third kappa shape index (κ3) is 12.9. The average Bonchev–Trinajstić information content (AvgIpc) is 2.50. The van der Waals surface area contributed by atoms with Crippen LogP contribution in [0.4, 0.5) is 0 Å². The Labute approximate surface area is 127 Å². The van der Waals surface area contributed by atoms with Crippen molar-refractivity contribution in [2.75, 3.05) is 59.5 Å². The topological polar surface area (TPSA) is 27.7 Å². The first-order valence-corrected chi connectivity index (χ1v) is 8.43. The zero-order valence-corrected chi connectivity index (χ0v) is 15.0. The van der Waals surface area contributed by atoms with E-state index in [9.17, 15) is 0 Å². The van der Waals surface area contributed by atoms with Gasteiger partial charge in [-0.2, -0.15) is 0 Å². The van der Waals surface area contributed by atoms with E-state index in [1.54, 1.807) is 0 Å². The van der Waals surface area contributed by atoms with Gasteiger partial charge in [0.25, 0.3) is 0 Å². The summed E-state index contributed by atoms with van der Waals surface area (Å²) < 4.78 is 5.57. The first-order valence-electron chi connectivity index (χ1n) is 8.43. The molecule has 1 N–H and O–H groups in total. The molecule has 4 heteroatoms. The Morgan fingerprint density at radius 1 is 0.900 bits per heavy atom. The van der Waals surface area contributed by atoms with Crippen molar-refractivity contribution < 1.29 is 4.74 Å². The van der Waals surface area contributed by atoms with Crippen LogP contribution in [0.5, 0.6) is 0 Å². The lowest BCUT2D eigenvalue weighted by Gasteiger charge is -2.34. The minimum atomic E-state index is 0.358. The van der Waals surface area contributed by atoms with E-state index in [0.717, 1.165) is 19.7 Å². The monoisotopic (exact) mass is 289 g/mol. The van der Waals surface area contributed by atoms with Crippen molar-refractivity contribution in [1.29, 1.82) is 0 Å². The van der Waals surface area contributed by atoms with E-state index >= 15 is 0 Å². The number of likely N-dealkylation sites (N-methyl/N-ethyl adjacent to an activating group) is 1. The van der Waals surface area contributed by atoms with Gasteiger partial charge in [0.2, 0.25) is 0 Å². The van der Waals surface area contributed by atoms with Crippen LogP contribution >= 0.6 is 0 Å². The normalized spacial score (nSPS) is 16.2. The van der Waals surface area contributed by atoms with Gasteiger partial charge in [-0.25, -0.2) is 0 Å². The molecule has 0 radical (unpaired) electrons. The van der Waals surface area contributed by atoms with E-state index in [1.807, 2.05) is 34.7 Å². The summed E-state index contributed by atoms with van der Waals surface area (Å²) in [5.41, 5.74) is 0. The Morgan fingerprint density at radius 3 is 1.75 bits per heavy atom. The second-order valence-electron chi connectivity index (χ2n) is 4.71. The Hall–Kier alpha value is -0.160. The van der Waals surface area contributed by atoms with E-state index in [1.165, 1.54) is 32.7 Å². The predicted molar refractivity (Wildman–Crippen MR) is 90.6 cm³/mol. The van der Waals surface area contributed by atoms with Gasteiger partial charge in [0.05, 0.1) is 12.7 Å². The van der Waals surface area contributed by atoms with Crippen LogP contribution in [0.3, 0.4) is 0 Å². The van der Waals surface area contributed by atoms with Crippen molar-refractivity contribution >= 4 is 0 Å². The molecule has 0 saturated carbocycles. The van der Waals surface area contributed by atoms with Gasteiger partial charge in [-0.15, -0.1) is 0 Å². The van der Waals surface area contributed by atoms with Gasteiger partial charge in [-0.1, -0.05) is 27.7 Å². The van der Waals surface area contributed by atoms with Gasteiger partial charge in [0.15, 0.2) is 0 Å². The SMILES string of the molecule is CC.CC.CNCCN1CCN(CCOC(C)C)CC1. The molecule has 1 rings (SSSR count). The molecule has 0 aromatic rings. The summed E-state index contributed by atoms with van der Waals surface area (Å²) in [6.07, 6.45) is 0.358. The van der Waals surface area contributed by atoms with E-state index < -0.39 is 0 Å². The molecule has 1 aliphatic heterocycles. The first-order chi connectivity index (χ1) is 9.72. The van der Waals surface area contributed by atoms with Crippen molar-refractivity contribution in [3.8, 4) is 0 Å². The van der Waals surface area contributed by atoms with Gasteiger partial charge >= 0.3 is 0 Å². The zero-order valence-electron chi connectivity index (χ0n) is 15.0. The number of piperazine rings is 1. The van der Waals surface area contributed by atoms with Crippen LogP contribution in [0, 0.1) is 0 Å². The zero-order chi connectivity index (χ0) is 15.8. The molecule has 1 aliphatic rings. The molecule has 0 aromatic carbocycles. The summed E-state index contributed by atoms with van der Waals surface area (Å²) in [5.74, 6) is 0. The first kappa shape index (κ1) is 22.1. The second-order valence-corrected chi connectivity index (χ2v) is 4.71. The van der Waals surface area contributed by atoms with Crippen LogP contribution in [-0.2, 0) is 4.74 Å². The molecule has 0 bridgehead atoms. The number of ether oxygens (including phenoxy) is 1. The smallest absolute Gasteiger partial charge is 0.0596 e. The minimum Gasteiger partial charge on any atom is -0.377 e. The maximum atomic E-state index is 5.57. The molecule has 124 valence electrons. The summed E-state index contributed by atoms with van der Waals surface area (Å²) in [5, 5.41) is 3.20. The lowest BCUT2D eigenvalue weighted by molar-refractivity contribution is 0.0450. The molecule has 0 spiro atoms. The minimum absolute atomic E-state index is 0.358. The van der Waals surface area contributed by atoms with Crippen molar-refractivity contribution in [2.24, 2.45) is 0 Å². The third-order valence-corrected chi connectivity index (χ3v) is 3.00. The van der Waals surface area contributed by atoms with E-state index in [2.05, 4.69) is 29.0 Å². The second kappa shape index (κ2) is 16.9. The average molecular weight is 290 g/mol. The maximum absolute atomic E-state index is 5.57. The lowest BCUT2D eigenvalue weighted by atomic mass is 10.3. The van der Waals surface area contributed by atoms with E-state index in [-0.39, 0.29) is 0 Å². The van der Waals surface area contributed by atoms with Gasteiger partial charge in [0, 0.05) is 45.8 Å². The van der Waals surface area contributed by atoms with Crippen LogP contribution in [-0.4, -0.2) is 75.4 Å². The number of rotatable bonds is 7. The summed E-state index contributed by atoms with van der Waals surface area (Å²) in [4.78, 5) is 5.02. The molecule has 4 nitrogen and oxygen atoms in total. The predicted octanol–water partition coefficient (Wildman–Crippen LogP) is 2.30. The number of nitrogens with one attached hydrogen (secondary N) is 1. The Balaban J connectivity index is 0. The van der Waals surface area contributed by atoms with Crippen molar-refractivity contribution in [1.82, 2.24) is 15.1 Å². The number of nitrogens with zero attached hydrogens (tertiary/aromatic N) is 2. The van der Waals surface area contributed by atoms with E-state index in [4.69, 9.17) is 4.74 Å². The Bertz CT molecular complexity index is 169. The fourth-order valence-corrected chi connectivity index (χ4v) is 1.92. The van der Waals surface area contributed by atoms with Crippen LogP contribution in [0.1, 0.15) is 41.5 Å². The fraction of sp³-hybridized carbons (Fsp3) is 1.00. The summed E-state index contributed by atoms with van der Waals surface area (Å²) in [6.45, 7) is 21.2. The molecular weight excluding hydrogens is 250 g/mol. The van der Waals surface area contributed by atoms with Gasteiger partial charge in [0.1, 0.15) is 0 Å². The number of hydrogen-bond donors (Lipinski definition) is 1. The summed E-state index contributed by atoms with van der Waals surface area (Å²) >= 11 is 0. The highest BCUT2D eigenvalue weighted by Gasteiger charge is 2.15. The van der Waals surface area contributed by atoms with Crippen LogP contribution in [0.2, 0.25) is 0 Å². The van der Waals surface area contributed by atoms with E-state index in [0.29, 0.717) is 6.10 Å². The summed E-state index contributed by atoms with van der Waals surface area (Å²) in [6, 6.07) is 0. The molecular formula is C16H39N3O. The highest BCUT2D eigenvalue weighted by molar-refractivity contribution is 4.72. The largest absolute Gasteiger partial charge is 0.377 e. The van der Waals surface area contributed by atoms with Gasteiger partial charge < -0.3 is 10.1 Å². The Morgan fingerprint density at radius 2 is 1.35 bits per heavy atom. The van der Waals surface area contributed by atoms with Crippen molar-refractivity contribution in [2.45, 2.75) is 47.6 Å². The molecule has 0 aromatic heterocycles.